The third-order valence-corrected chi connectivity index (χ3v) is 5.45. The van der Waals surface area contributed by atoms with Gasteiger partial charge in [-0.3, -0.25) is 0 Å². The minimum Gasteiger partial charge on any atom is -0.389 e. The first-order valence-electron chi connectivity index (χ1n) is 8.11. The smallest absolute Gasteiger partial charge is 0.0771 e. The van der Waals surface area contributed by atoms with Crippen molar-refractivity contribution in [3.63, 3.8) is 0 Å². The highest BCUT2D eigenvalue weighted by Crippen LogP contribution is 2.34. The Labute approximate surface area is 113 Å². The van der Waals surface area contributed by atoms with Gasteiger partial charge in [0.25, 0.3) is 0 Å². The van der Waals surface area contributed by atoms with Gasteiger partial charge in [0.1, 0.15) is 0 Å². The van der Waals surface area contributed by atoms with E-state index in [1.54, 1.807) is 0 Å². The maximum Gasteiger partial charge on any atom is 0.0771 e. The molecule has 2 saturated carbocycles. The van der Waals surface area contributed by atoms with E-state index in [0.717, 1.165) is 31.2 Å². The van der Waals surface area contributed by atoms with E-state index in [9.17, 15) is 5.11 Å². The molecule has 2 unspecified atom stereocenters. The van der Waals surface area contributed by atoms with Gasteiger partial charge in [0.15, 0.2) is 0 Å². The second kappa shape index (κ2) is 6.38. The third-order valence-electron chi connectivity index (χ3n) is 5.45. The summed E-state index contributed by atoms with van der Waals surface area (Å²) in [6.07, 6.45) is 11.1. The summed E-state index contributed by atoms with van der Waals surface area (Å²) in [5.41, 5.74) is -0.407. The molecular formula is C16H31NO. The van der Waals surface area contributed by atoms with Crippen molar-refractivity contribution >= 4 is 0 Å². The number of hydrogen-bond acceptors (Lipinski definition) is 2. The zero-order valence-electron chi connectivity index (χ0n) is 12.3. The van der Waals surface area contributed by atoms with Crippen molar-refractivity contribution < 1.29 is 5.11 Å². The second-order valence-electron chi connectivity index (χ2n) is 6.74. The Kier molecular flexibility index (Phi) is 5.08. The van der Waals surface area contributed by atoms with Crippen LogP contribution in [-0.2, 0) is 0 Å². The minimum absolute atomic E-state index is 0.407. The predicted octanol–water partition coefficient (Wildman–Crippen LogP) is 3.49. The molecule has 0 aliphatic heterocycles. The van der Waals surface area contributed by atoms with Crippen LogP contribution in [0.2, 0.25) is 0 Å². The third kappa shape index (κ3) is 3.71. The molecule has 2 atom stereocenters. The summed E-state index contributed by atoms with van der Waals surface area (Å²) in [5.74, 6) is 1.79. The first-order valence-corrected chi connectivity index (χ1v) is 8.11. The Morgan fingerprint density at radius 2 is 1.67 bits per heavy atom. The summed E-state index contributed by atoms with van der Waals surface area (Å²) in [5, 5.41) is 14.2. The number of hydrogen-bond donors (Lipinski definition) is 2. The highest BCUT2D eigenvalue weighted by molar-refractivity contribution is 4.89. The van der Waals surface area contributed by atoms with Crippen LogP contribution in [0.4, 0.5) is 0 Å². The SMILES string of the molecule is CCC1CCC(O)(CNC2CCC(CC)C2)CC1. The fourth-order valence-corrected chi connectivity index (χ4v) is 3.77. The molecule has 0 aromatic carbocycles. The standard InChI is InChI=1S/C16H31NO/c1-3-13-7-9-16(18,10-8-13)12-17-15-6-5-14(4-2)11-15/h13-15,17-18H,3-12H2,1-2H3. The molecule has 0 radical (unpaired) electrons. The Morgan fingerprint density at radius 1 is 1.00 bits per heavy atom. The van der Waals surface area contributed by atoms with Gasteiger partial charge in [-0.1, -0.05) is 26.7 Å². The fourth-order valence-electron chi connectivity index (χ4n) is 3.77. The van der Waals surface area contributed by atoms with Crippen LogP contribution < -0.4 is 5.32 Å². The Morgan fingerprint density at radius 3 is 2.22 bits per heavy atom. The number of aliphatic hydroxyl groups is 1. The van der Waals surface area contributed by atoms with Crippen LogP contribution in [0.15, 0.2) is 0 Å². The van der Waals surface area contributed by atoms with Crippen molar-refractivity contribution in [3.8, 4) is 0 Å². The number of nitrogens with one attached hydrogen (secondary N) is 1. The van der Waals surface area contributed by atoms with E-state index in [2.05, 4.69) is 19.2 Å². The molecule has 2 N–H and O–H groups in total. The van der Waals surface area contributed by atoms with E-state index < -0.39 is 5.60 Å². The van der Waals surface area contributed by atoms with Crippen LogP contribution in [0.3, 0.4) is 0 Å². The molecule has 0 heterocycles. The molecule has 0 aromatic rings. The van der Waals surface area contributed by atoms with Crippen LogP contribution >= 0.6 is 0 Å². The van der Waals surface area contributed by atoms with Crippen LogP contribution in [0.5, 0.6) is 0 Å². The molecule has 0 bridgehead atoms. The molecule has 106 valence electrons. The summed E-state index contributed by atoms with van der Waals surface area (Å²) >= 11 is 0. The lowest BCUT2D eigenvalue weighted by Crippen LogP contribution is -2.46. The van der Waals surface area contributed by atoms with Gasteiger partial charge in [0.05, 0.1) is 5.60 Å². The van der Waals surface area contributed by atoms with Crippen molar-refractivity contribution in [2.45, 2.75) is 83.3 Å². The molecule has 2 heteroatoms. The molecule has 2 aliphatic carbocycles. The highest BCUT2D eigenvalue weighted by atomic mass is 16.3. The van der Waals surface area contributed by atoms with Crippen LogP contribution in [0, 0.1) is 11.8 Å². The van der Waals surface area contributed by atoms with Gasteiger partial charge in [0, 0.05) is 12.6 Å². The van der Waals surface area contributed by atoms with Gasteiger partial charge in [-0.2, -0.15) is 0 Å². The van der Waals surface area contributed by atoms with Gasteiger partial charge in [-0.25, -0.2) is 0 Å². The highest BCUT2D eigenvalue weighted by Gasteiger charge is 2.33. The van der Waals surface area contributed by atoms with Gasteiger partial charge in [-0.15, -0.1) is 0 Å². The topological polar surface area (TPSA) is 32.3 Å². The zero-order chi connectivity index (χ0) is 13.0. The lowest BCUT2D eigenvalue weighted by atomic mass is 9.78. The maximum atomic E-state index is 10.6. The van der Waals surface area contributed by atoms with Gasteiger partial charge in [-0.05, 0) is 56.8 Å². The van der Waals surface area contributed by atoms with Crippen molar-refractivity contribution in [1.29, 1.82) is 0 Å². The van der Waals surface area contributed by atoms with Gasteiger partial charge < -0.3 is 10.4 Å². The Balaban J connectivity index is 1.70. The largest absolute Gasteiger partial charge is 0.389 e. The summed E-state index contributed by atoms with van der Waals surface area (Å²) in [6, 6.07) is 0.669. The van der Waals surface area contributed by atoms with Crippen molar-refractivity contribution in [2.75, 3.05) is 6.54 Å². The summed E-state index contributed by atoms with van der Waals surface area (Å²) < 4.78 is 0. The molecule has 18 heavy (non-hydrogen) atoms. The molecule has 2 fully saturated rings. The lowest BCUT2D eigenvalue weighted by molar-refractivity contribution is -0.0106. The molecule has 2 nitrogen and oxygen atoms in total. The lowest BCUT2D eigenvalue weighted by Gasteiger charge is -2.36. The van der Waals surface area contributed by atoms with E-state index in [1.807, 2.05) is 0 Å². The quantitative estimate of drug-likeness (QED) is 0.786. The van der Waals surface area contributed by atoms with E-state index >= 15 is 0 Å². The van der Waals surface area contributed by atoms with Crippen molar-refractivity contribution in [2.24, 2.45) is 11.8 Å². The maximum absolute atomic E-state index is 10.6. The average Bonchev–Trinajstić information content (AvgIpc) is 2.86. The zero-order valence-corrected chi connectivity index (χ0v) is 12.3. The molecule has 0 aromatic heterocycles. The van der Waals surface area contributed by atoms with Crippen LogP contribution in [-0.4, -0.2) is 23.3 Å². The van der Waals surface area contributed by atoms with Gasteiger partial charge in [0.2, 0.25) is 0 Å². The van der Waals surface area contributed by atoms with Crippen molar-refractivity contribution in [3.05, 3.63) is 0 Å². The van der Waals surface area contributed by atoms with Crippen molar-refractivity contribution in [1.82, 2.24) is 5.32 Å². The first-order chi connectivity index (χ1) is 8.65. The minimum atomic E-state index is -0.407. The van der Waals surface area contributed by atoms with E-state index in [-0.39, 0.29) is 0 Å². The first kappa shape index (κ1) is 14.3. The monoisotopic (exact) mass is 253 g/mol. The average molecular weight is 253 g/mol. The van der Waals surface area contributed by atoms with Crippen LogP contribution in [0.1, 0.15) is 71.6 Å². The normalized spacial score (nSPS) is 41.2. The molecular weight excluding hydrogens is 222 g/mol. The molecule has 0 spiro atoms. The Hall–Kier alpha value is -0.0800. The predicted molar refractivity (Wildman–Crippen MR) is 76.6 cm³/mol. The summed E-state index contributed by atoms with van der Waals surface area (Å²) in [4.78, 5) is 0. The summed E-state index contributed by atoms with van der Waals surface area (Å²) in [6.45, 7) is 5.40. The molecule has 0 amide bonds. The molecule has 0 saturated heterocycles. The van der Waals surface area contributed by atoms with E-state index in [0.29, 0.717) is 6.04 Å². The van der Waals surface area contributed by atoms with E-state index in [4.69, 9.17) is 0 Å². The summed E-state index contributed by atoms with van der Waals surface area (Å²) in [7, 11) is 0. The number of rotatable bonds is 5. The molecule has 2 rings (SSSR count). The molecule has 2 aliphatic rings. The van der Waals surface area contributed by atoms with E-state index in [1.165, 1.54) is 44.9 Å². The Bertz CT molecular complexity index is 245. The second-order valence-corrected chi connectivity index (χ2v) is 6.74. The fraction of sp³-hybridized carbons (Fsp3) is 1.00. The van der Waals surface area contributed by atoms with Gasteiger partial charge >= 0.3 is 0 Å². The van der Waals surface area contributed by atoms with Crippen LogP contribution in [0.25, 0.3) is 0 Å².